The van der Waals surface area contributed by atoms with Gasteiger partial charge in [0, 0.05) is 36.9 Å². The molecule has 1 saturated carbocycles. The molecule has 1 aliphatic carbocycles. The monoisotopic (exact) mass is 657 g/mol. The Morgan fingerprint density at radius 2 is 1.76 bits per heavy atom. The second-order valence-electron chi connectivity index (χ2n) is 10.6. The Hall–Kier alpha value is -4.10. The summed E-state index contributed by atoms with van der Waals surface area (Å²) in [7, 11) is 0.372. The molecule has 0 aliphatic heterocycles. The smallest absolute Gasteiger partial charge is 0.393 e. The number of nitrogens with zero attached hydrogens (tertiary/aromatic N) is 4. The molecule has 0 bridgehead atoms. The van der Waals surface area contributed by atoms with Gasteiger partial charge < -0.3 is 30.1 Å². The van der Waals surface area contributed by atoms with Gasteiger partial charge in [0.15, 0.2) is 8.38 Å². The van der Waals surface area contributed by atoms with Crippen molar-refractivity contribution in [2.24, 2.45) is 0 Å². The Labute approximate surface area is 265 Å². The van der Waals surface area contributed by atoms with Gasteiger partial charge in [-0.3, -0.25) is 9.48 Å². The first-order valence-corrected chi connectivity index (χ1v) is 16.1. The molecule has 1 aliphatic rings. The van der Waals surface area contributed by atoms with Crippen molar-refractivity contribution in [2.45, 2.75) is 51.2 Å². The Balaban J connectivity index is 1.39. The van der Waals surface area contributed by atoms with E-state index in [1.807, 2.05) is 32.2 Å². The standard InChI is InChI=1S/C31H35F3N7O4P/c1-4-44-46(45-5-2)18-19-6-9-22(10-7-19)38-30-36-16-26(31(32,33)34)28(40-30)39-27-11-8-20(12-25(27)29(43)35-3)21-15-37-41(17-21)23-13-24(42)14-23/h6-12,15-17,23-24,42H,4-5,13-14,18H2,1-3H3,(H,35,43)(H2,36,38,39,40). The largest absolute Gasteiger partial charge is 0.421 e. The predicted molar refractivity (Wildman–Crippen MR) is 169 cm³/mol. The molecule has 2 aromatic carbocycles. The van der Waals surface area contributed by atoms with Crippen LogP contribution in [0.4, 0.5) is 36.3 Å². The molecule has 0 atom stereocenters. The molecule has 2 heterocycles. The van der Waals surface area contributed by atoms with E-state index >= 15 is 0 Å². The number of amides is 1. The van der Waals surface area contributed by atoms with Gasteiger partial charge in [-0.2, -0.15) is 23.3 Å². The highest BCUT2D eigenvalue weighted by molar-refractivity contribution is 7.46. The van der Waals surface area contributed by atoms with Gasteiger partial charge in [-0.1, -0.05) is 18.2 Å². The van der Waals surface area contributed by atoms with Crippen molar-refractivity contribution in [1.29, 1.82) is 0 Å². The fraction of sp³-hybridized carbons (Fsp3) is 0.355. The van der Waals surface area contributed by atoms with E-state index in [0.717, 1.165) is 11.1 Å². The topological polar surface area (TPSA) is 135 Å². The summed E-state index contributed by atoms with van der Waals surface area (Å²) in [5, 5.41) is 22.2. The average Bonchev–Trinajstić information content (AvgIpc) is 3.50. The van der Waals surface area contributed by atoms with Gasteiger partial charge in [-0.15, -0.1) is 0 Å². The fourth-order valence-electron chi connectivity index (χ4n) is 4.88. The van der Waals surface area contributed by atoms with Crippen molar-refractivity contribution in [2.75, 3.05) is 30.9 Å². The van der Waals surface area contributed by atoms with Crippen molar-refractivity contribution < 1.29 is 32.1 Å². The van der Waals surface area contributed by atoms with Crippen molar-refractivity contribution in [3.63, 3.8) is 0 Å². The summed E-state index contributed by atoms with van der Waals surface area (Å²) < 4.78 is 55.2. The lowest BCUT2D eigenvalue weighted by Crippen LogP contribution is -2.30. The van der Waals surface area contributed by atoms with Crippen LogP contribution < -0.4 is 16.0 Å². The van der Waals surface area contributed by atoms with Crippen LogP contribution in [0.5, 0.6) is 0 Å². The van der Waals surface area contributed by atoms with Gasteiger partial charge in [0.2, 0.25) is 5.95 Å². The van der Waals surface area contributed by atoms with Crippen LogP contribution in [0.3, 0.4) is 0 Å². The molecule has 1 fully saturated rings. The van der Waals surface area contributed by atoms with Gasteiger partial charge in [0.05, 0.1) is 42.8 Å². The minimum absolute atomic E-state index is 0.0687. The summed E-state index contributed by atoms with van der Waals surface area (Å²) in [6.45, 7) is 4.90. The van der Waals surface area contributed by atoms with Crippen LogP contribution in [0.2, 0.25) is 0 Å². The molecule has 15 heteroatoms. The summed E-state index contributed by atoms with van der Waals surface area (Å²) in [5.41, 5.74) is 2.06. The van der Waals surface area contributed by atoms with Crippen LogP contribution >= 0.6 is 8.38 Å². The van der Waals surface area contributed by atoms with E-state index in [-0.39, 0.29) is 29.3 Å². The number of aromatic nitrogens is 4. The molecule has 244 valence electrons. The van der Waals surface area contributed by atoms with E-state index < -0.39 is 31.8 Å². The molecular weight excluding hydrogens is 622 g/mol. The van der Waals surface area contributed by atoms with Gasteiger partial charge in [0.1, 0.15) is 11.4 Å². The highest BCUT2D eigenvalue weighted by atomic mass is 31.2. The quantitative estimate of drug-likeness (QED) is 0.115. The zero-order chi connectivity index (χ0) is 32.8. The third kappa shape index (κ3) is 8.00. The minimum atomic E-state index is -4.77. The minimum Gasteiger partial charge on any atom is -0.393 e. The van der Waals surface area contributed by atoms with Crippen LogP contribution in [0.25, 0.3) is 11.1 Å². The van der Waals surface area contributed by atoms with Crippen molar-refractivity contribution >= 4 is 37.4 Å². The summed E-state index contributed by atoms with van der Waals surface area (Å²) in [5.74, 6) is -1.09. The molecule has 0 unspecified atom stereocenters. The molecule has 0 saturated heterocycles. The first-order valence-electron chi connectivity index (χ1n) is 14.8. The number of rotatable bonds is 13. The van der Waals surface area contributed by atoms with Crippen LogP contribution in [0.15, 0.2) is 61.1 Å². The van der Waals surface area contributed by atoms with E-state index in [4.69, 9.17) is 9.05 Å². The Bertz CT molecular complexity index is 1640. The molecule has 0 radical (unpaired) electrons. The number of nitrogens with one attached hydrogen (secondary N) is 3. The number of carbonyl (C=O) groups is 1. The lowest BCUT2D eigenvalue weighted by Gasteiger charge is -2.31. The number of alkyl halides is 3. The highest BCUT2D eigenvalue weighted by Gasteiger charge is 2.36. The zero-order valence-electron chi connectivity index (χ0n) is 25.5. The van der Waals surface area contributed by atoms with Gasteiger partial charge >= 0.3 is 6.18 Å². The number of halogens is 3. The number of benzene rings is 2. The summed E-state index contributed by atoms with van der Waals surface area (Å²) >= 11 is 0. The molecule has 1 amide bonds. The van der Waals surface area contributed by atoms with Gasteiger partial charge in [0.25, 0.3) is 5.91 Å². The fourth-order valence-corrected chi connectivity index (χ4v) is 6.22. The molecule has 46 heavy (non-hydrogen) atoms. The number of aliphatic hydroxyl groups excluding tert-OH is 1. The van der Waals surface area contributed by atoms with E-state index in [9.17, 15) is 23.1 Å². The number of aliphatic hydroxyl groups is 1. The number of anilines is 4. The van der Waals surface area contributed by atoms with Crippen molar-refractivity contribution in [1.82, 2.24) is 25.1 Å². The normalized spacial score (nSPS) is 16.3. The van der Waals surface area contributed by atoms with E-state index in [1.54, 1.807) is 35.1 Å². The molecule has 4 N–H and O–H groups in total. The second-order valence-corrected chi connectivity index (χ2v) is 12.1. The molecule has 2 aromatic heterocycles. The molecular formula is C31H35F3N7O4P. The lowest BCUT2D eigenvalue weighted by atomic mass is 9.90. The summed E-state index contributed by atoms with van der Waals surface area (Å²) in [4.78, 5) is 20.9. The molecule has 0 spiro atoms. The van der Waals surface area contributed by atoms with Crippen LogP contribution in [0.1, 0.15) is 54.2 Å². The Kier molecular flexibility index (Phi) is 10.5. The maximum absolute atomic E-state index is 14.0. The van der Waals surface area contributed by atoms with Crippen molar-refractivity contribution in [3.05, 3.63) is 77.7 Å². The number of hydrogen-bond acceptors (Lipinski definition) is 9. The first kappa shape index (κ1) is 33.3. The van der Waals surface area contributed by atoms with Crippen molar-refractivity contribution in [3.8, 4) is 11.1 Å². The molecule has 5 rings (SSSR count). The van der Waals surface area contributed by atoms with E-state index in [1.165, 1.54) is 13.1 Å². The van der Waals surface area contributed by atoms with Gasteiger partial charge in [-0.25, -0.2) is 4.98 Å². The summed E-state index contributed by atoms with van der Waals surface area (Å²) in [6.07, 6.45) is 0.881. The van der Waals surface area contributed by atoms with Crippen LogP contribution in [-0.4, -0.2) is 57.1 Å². The second kappa shape index (κ2) is 14.5. The van der Waals surface area contributed by atoms with Crippen LogP contribution in [-0.2, 0) is 21.4 Å². The third-order valence-corrected chi connectivity index (χ3v) is 9.02. The predicted octanol–water partition coefficient (Wildman–Crippen LogP) is 6.79. The SMILES string of the molecule is CCOP(Cc1ccc(Nc2ncc(C(F)(F)F)c(Nc3ccc(-c4cnn(C5CC(O)C5)c4)cc3C(=O)NC)n2)cc1)OCC. The Morgan fingerprint density at radius 1 is 1.04 bits per heavy atom. The van der Waals surface area contributed by atoms with Gasteiger partial charge in [-0.05, 0) is 62.1 Å². The molecule has 4 aromatic rings. The Morgan fingerprint density at radius 3 is 2.39 bits per heavy atom. The number of hydrogen-bond donors (Lipinski definition) is 4. The third-order valence-electron chi connectivity index (χ3n) is 7.30. The maximum atomic E-state index is 14.0. The average molecular weight is 658 g/mol. The molecule has 11 nitrogen and oxygen atoms in total. The number of carbonyl (C=O) groups excluding carboxylic acids is 1. The first-order chi connectivity index (χ1) is 22.1. The lowest BCUT2D eigenvalue weighted by molar-refractivity contribution is -0.137. The van der Waals surface area contributed by atoms with Crippen LogP contribution in [0, 0.1) is 0 Å². The van der Waals surface area contributed by atoms with E-state index in [2.05, 4.69) is 31.0 Å². The zero-order valence-corrected chi connectivity index (χ0v) is 26.4. The summed E-state index contributed by atoms with van der Waals surface area (Å²) in [6, 6.07) is 12.2. The van der Waals surface area contributed by atoms with E-state index in [0.29, 0.717) is 49.7 Å². The maximum Gasteiger partial charge on any atom is 0.421 e. The highest BCUT2D eigenvalue weighted by Crippen LogP contribution is 2.42.